The second-order valence-corrected chi connectivity index (χ2v) is 4.43. The van der Waals surface area contributed by atoms with Gasteiger partial charge in [-0.1, -0.05) is 0 Å². The molecule has 14 heavy (non-hydrogen) atoms. The average Bonchev–Trinajstić information content (AvgIpc) is 2.63. The van der Waals surface area contributed by atoms with Crippen molar-refractivity contribution in [1.82, 2.24) is 0 Å². The zero-order valence-electron chi connectivity index (χ0n) is 8.17. The van der Waals surface area contributed by atoms with Crippen LogP contribution in [0.25, 0.3) is 0 Å². The Hall–Kier alpha value is -0.200. The molecule has 80 valence electrons. The summed E-state index contributed by atoms with van der Waals surface area (Å²) in [6.45, 7) is 4.01. The topological polar surface area (TPSA) is 57.2 Å². The molecular formula is C9H14O5. The number of hydrogen-bond donors (Lipinski definition) is 1. The number of hydrogen-bond acceptors (Lipinski definition) is 5. The van der Waals surface area contributed by atoms with Crippen molar-refractivity contribution in [3.63, 3.8) is 0 Å². The lowest BCUT2D eigenvalue weighted by atomic mass is 10.1. The first-order chi connectivity index (χ1) is 6.57. The molecule has 0 spiro atoms. The second-order valence-electron chi connectivity index (χ2n) is 4.43. The Kier molecular flexibility index (Phi) is 1.73. The lowest BCUT2D eigenvalue weighted by molar-refractivity contribution is -0.214. The maximum atomic E-state index is 9.52. The summed E-state index contributed by atoms with van der Waals surface area (Å²) in [4.78, 5) is 0. The SMILES string of the molecule is CC1(C)O[C@H]2O[C@H]3[C@@H](OC[C@H]3O)[C@H]2O1. The molecule has 0 bridgehead atoms. The Bertz CT molecular complexity index is 254. The third-order valence-electron chi connectivity index (χ3n) is 2.87. The van der Waals surface area contributed by atoms with Crippen LogP contribution in [-0.4, -0.2) is 48.2 Å². The van der Waals surface area contributed by atoms with Crippen LogP contribution in [0.1, 0.15) is 13.8 Å². The van der Waals surface area contributed by atoms with Crippen molar-refractivity contribution < 1.29 is 24.1 Å². The van der Waals surface area contributed by atoms with Crippen LogP contribution in [0.15, 0.2) is 0 Å². The summed E-state index contributed by atoms with van der Waals surface area (Å²) in [5.41, 5.74) is 0. The van der Waals surface area contributed by atoms with E-state index in [1.165, 1.54) is 0 Å². The summed E-state index contributed by atoms with van der Waals surface area (Å²) in [6, 6.07) is 0. The molecule has 3 heterocycles. The molecular weight excluding hydrogens is 188 g/mol. The molecule has 0 saturated carbocycles. The summed E-state index contributed by atoms with van der Waals surface area (Å²) in [7, 11) is 0. The molecule has 0 amide bonds. The molecule has 5 nitrogen and oxygen atoms in total. The van der Waals surface area contributed by atoms with Crippen LogP contribution in [0.3, 0.4) is 0 Å². The Morgan fingerprint density at radius 3 is 2.71 bits per heavy atom. The zero-order valence-corrected chi connectivity index (χ0v) is 8.17. The van der Waals surface area contributed by atoms with Gasteiger partial charge in [0.25, 0.3) is 0 Å². The molecule has 0 aromatic carbocycles. The van der Waals surface area contributed by atoms with Gasteiger partial charge in [-0.25, -0.2) is 0 Å². The van der Waals surface area contributed by atoms with Crippen LogP contribution < -0.4 is 0 Å². The predicted octanol–water partition coefficient (Wildman–Crippen LogP) is -0.378. The Labute approximate surface area is 81.9 Å². The van der Waals surface area contributed by atoms with E-state index in [9.17, 15) is 5.11 Å². The Balaban J connectivity index is 1.80. The third kappa shape index (κ3) is 1.14. The van der Waals surface area contributed by atoms with Crippen LogP contribution in [0.4, 0.5) is 0 Å². The molecule has 3 fully saturated rings. The molecule has 0 aromatic rings. The number of aliphatic hydroxyl groups is 1. The maximum Gasteiger partial charge on any atom is 0.190 e. The monoisotopic (exact) mass is 202 g/mol. The standard InChI is InChI=1S/C9H14O5/c1-9(2)13-7-6-5(4(10)3-11-6)12-8(7)14-9/h4-8,10H,3H2,1-2H3/t4-,5-,6-,7-,8-/m1/s1. The highest BCUT2D eigenvalue weighted by Gasteiger charge is 2.59. The molecule has 0 aliphatic carbocycles. The number of rotatable bonds is 0. The number of fused-ring (bicyclic) bond motifs is 3. The van der Waals surface area contributed by atoms with E-state index in [2.05, 4.69) is 0 Å². The third-order valence-corrected chi connectivity index (χ3v) is 2.87. The van der Waals surface area contributed by atoms with Crippen molar-refractivity contribution in [1.29, 1.82) is 0 Å². The van der Waals surface area contributed by atoms with Crippen LogP contribution in [-0.2, 0) is 18.9 Å². The van der Waals surface area contributed by atoms with Gasteiger partial charge < -0.3 is 24.1 Å². The molecule has 0 aromatic heterocycles. The Morgan fingerprint density at radius 2 is 1.93 bits per heavy atom. The molecule has 3 rings (SSSR count). The van der Waals surface area contributed by atoms with E-state index >= 15 is 0 Å². The van der Waals surface area contributed by atoms with Gasteiger partial charge in [0.2, 0.25) is 0 Å². The first-order valence-electron chi connectivity index (χ1n) is 4.88. The molecule has 3 saturated heterocycles. The molecule has 1 N–H and O–H groups in total. The van der Waals surface area contributed by atoms with Gasteiger partial charge in [0, 0.05) is 0 Å². The minimum Gasteiger partial charge on any atom is -0.388 e. The zero-order chi connectivity index (χ0) is 9.92. The molecule has 3 aliphatic rings. The smallest absolute Gasteiger partial charge is 0.190 e. The van der Waals surface area contributed by atoms with E-state index in [-0.39, 0.29) is 18.3 Å². The van der Waals surface area contributed by atoms with Crippen molar-refractivity contribution >= 4 is 0 Å². The molecule has 3 aliphatic heterocycles. The molecule has 5 heteroatoms. The summed E-state index contributed by atoms with van der Waals surface area (Å²) >= 11 is 0. The van der Waals surface area contributed by atoms with Crippen molar-refractivity contribution in [2.75, 3.05) is 6.61 Å². The minimum atomic E-state index is -0.614. The van der Waals surface area contributed by atoms with Crippen molar-refractivity contribution in [2.24, 2.45) is 0 Å². The quantitative estimate of drug-likeness (QED) is 0.580. The van der Waals surface area contributed by atoms with Crippen molar-refractivity contribution in [2.45, 2.75) is 50.3 Å². The first-order valence-corrected chi connectivity index (χ1v) is 4.88. The highest BCUT2D eigenvalue weighted by Crippen LogP contribution is 2.41. The van der Waals surface area contributed by atoms with E-state index in [0.29, 0.717) is 6.61 Å². The van der Waals surface area contributed by atoms with E-state index in [1.807, 2.05) is 13.8 Å². The van der Waals surface area contributed by atoms with Gasteiger partial charge >= 0.3 is 0 Å². The Morgan fingerprint density at radius 1 is 1.14 bits per heavy atom. The van der Waals surface area contributed by atoms with Gasteiger partial charge in [-0.15, -0.1) is 0 Å². The first kappa shape index (κ1) is 9.06. The van der Waals surface area contributed by atoms with Gasteiger partial charge in [-0.2, -0.15) is 0 Å². The fourth-order valence-corrected chi connectivity index (χ4v) is 2.31. The summed E-state index contributed by atoms with van der Waals surface area (Å²) in [5.74, 6) is -0.614. The minimum absolute atomic E-state index is 0.184. The highest BCUT2D eigenvalue weighted by atomic mass is 16.8. The second kappa shape index (κ2) is 2.68. The van der Waals surface area contributed by atoms with E-state index in [4.69, 9.17) is 18.9 Å². The van der Waals surface area contributed by atoms with E-state index in [1.54, 1.807) is 0 Å². The fourth-order valence-electron chi connectivity index (χ4n) is 2.31. The predicted molar refractivity (Wildman–Crippen MR) is 44.4 cm³/mol. The van der Waals surface area contributed by atoms with Crippen LogP contribution >= 0.6 is 0 Å². The molecule has 5 atom stereocenters. The summed E-state index contributed by atoms with van der Waals surface area (Å²) < 4.78 is 22.1. The summed E-state index contributed by atoms with van der Waals surface area (Å²) in [5, 5.41) is 9.52. The van der Waals surface area contributed by atoms with Crippen LogP contribution in [0.5, 0.6) is 0 Å². The van der Waals surface area contributed by atoms with Crippen molar-refractivity contribution in [3.8, 4) is 0 Å². The van der Waals surface area contributed by atoms with Gasteiger partial charge in [-0.05, 0) is 13.8 Å². The van der Waals surface area contributed by atoms with Gasteiger partial charge in [0.15, 0.2) is 12.1 Å². The van der Waals surface area contributed by atoms with Gasteiger partial charge in [0.05, 0.1) is 6.61 Å². The number of ether oxygens (including phenoxy) is 4. The maximum absolute atomic E-state index is 9.52. The van der Waals surface area contributed by atoms with Crippen LogP contribution in [0, 0.1) is 0 Å². The normalized spacial score (nSPS) is 54.6. The van der Waals surface area contributed by atoms with E-state index < -0.39 is 18.2 Å². The number of aliphatic hydroxyl groups excluding tert-OH is 1. The van der Waals surface area contributed by atoms with Gasteiger partial charge in [-0.3, -0.25) is 0 Å². The largest absolute Gasteiger partial charge is 0.388 e. The summed E-state index contributed by atoms with van der Waals surface area (Å²) in [6.07, 6.45) is -1.62. The molecule has 0 unspecified atom stereocenters. The lowest BCUT2D eigenvalue weighted by Gasteiger charge is -2.21. The van der Waals surface area contributed by atoms with Crippen LogP contribution in [0.2, 0.25) is 0 Å². The lowest BCUT2D eigenvalue weighted by Crippen LogP contribution is -2.35. The highest BCUT2D eigenvalue weighted by molar-refractivity contribution is 5.00. The fraction of sp³-hybridized carbons (Fsp3) is 1.00. The van der Waals surface area contributed by atoms with Crippen molar-refractivity contribution in [3.05, 3.63) is 0 Å². The molecule has 0 radical (unpaired) electrons. The van der Waals surface area contributed by atoms with E-state index in [0.717, 1.165) is 0 Å². The van der Waals surface area contributed by atoms with Gasteiger partial charge in [0.1, 0.15) is 24.4 Å². The average molecular weight is 202 g/mol.